The third-order valence-corrected chi connectivity index (χ3v) is 4.94. The molecule has 2 atom stereocenters. The van der Waals surface area contributed by atoms with Crippen LogP contribution in [0.1, 0.15) is 49.9 Å². The van der Waals surface area contributed by atoms with E-state index in [1.54, 1.807) is 5.38 Å². The number of amides is 2. The van der Waals surface area contributed by atoms with Gasteiger partial charge < -0.3 is 10.4 Å². The van der Waals surface area contributed by atoms with Crippen molar-refractivity contribution in [1.29, 1.82) is 0 Å². The molecule has 0 aliphatic heterocycles. The number of carbonyl (C=O) groups excluding carboxylic acids is 1. The predicted octanol–water partition coefficient (Wildman–Crippen LogP) is 3.78. The van der Waals surface area contributed by atoms with Crippen LogP contribution in [0.25, 0.3) is 0 Å². The maximum atomic E-state index is 12.1. The van der Waals surface area contributed by atoms with Crippen molar-refractivity contribution >= 4 is 28.3 Å². The van der Waals surface area contributed by atoms with Gasteiger partial charge in [-0.3, -0.25) is 5.32 Å². The standard InChI is InChI=1S/C15H22N2O3S/c1-9(2)10-5-3-4-6-12(10)16-15(20)17-13-11(14(18)19)7-8-21-13/h7-10,12H,3-6H2,1-2H3,(H,18,19)(H2,16,17,20). The van der Waals surface area contributed by atoms with Crippen LogP contribution in [0.2, 0.25) is 0 Å². The summed E-state index contributed by atoms with van der Waals surface area (Å²) in [6.07, 6.45) is 4.48. The molecule has 0 radical (unpaired) electrons. The maximum Gasteiger partial charge on any atom is 0.338 e. The molecule has 0 saturated heterocycles. The van der Waals surface area contributed by atoms with Crippen LogP contribution in [-0.2, 0) is 0 Å². The number of aromatic carboxylic acids is 1. The number of hydrogen-bond acceptors (Lipinski definition) is 3. The van der Waals surface area contributed by atoms with Crippen LogP contribution >= 0.6 is 11.3 Å². The lowest BCUT2D eigenvalue weighted by Gasteiger charge is -2.34. The van der Waals surface area contributed by atoms with Crippen molar-refractivity contribution in [2.24, 2.45) is 11.8 Å². The highest BCUT2D eigenvalue weighted by atomic mass is 32.1. The number of nitrogens with one attached hydrogen (secondary N) is 2. The molecule has 2 rings (SSSR count). The molecule has 0 spiro atoms. The normalized spacial score (nSPS) is 22.0. The van der Waals surface area contributed by atoms with Gasteiger partial charge in [-0.05, 0) is 36.1 Å². The highest BCUT2D eigenvalue weighted by molar-refractivity contribution is 7.14. The summed E-state index contributed by atoms with van der Waals surface area (Å²) in [5, 5.41) is 16.8. The summed E-state index contributed by atoms with van der Waals surface area (Å²) in [4.78, 5) is 23.1. The van der Waals surface area contributed by atoms with E-state index in [-0.39, 0.29) is 17.6 Å². The second kappa shape index (κ2) is 6.93. The van der Waals surface area contributed by atoms with Gasteiger partial charge in [0.25, 0.3) is 0 Å². The largest absolute Gasteiger partial charge is 0.478 e. The zero-order chi connectivity index (χ0) is 15.4. The molecule has 2 amide bonds. The lowest BCUT2D eigenvalue weighted by molar-refractivity contribution is 0.0698. The summed E-state index contributed by atoms with van der Waals surface area (Å²) in [6.45, 7) is 4.37. The first-order chi connectivity index (χ1) is 9.99. The average molecular weight is 310 g/mol. The Kier molecular flexibility index (Phi) is 5.22. The van der Waals surface area contributed by atoms with Gasteiger partial charge in [0.05, 0.1) is 5.56 Å². The van der Waals surface area contributed by atoms with Crippen LogP contribution in [0.3, 0.4) is 0 Å². The number of urea groups is 1. The molecule has 1 aromatic heterocycles. The summed E-state index contributed by atoms with van der Waals surface area (Å²) < 4.78 is 0. The fourth-order valence-electron chi connectivity index (χ4n) is 3.02. The van der Waals surface area contributed by atoms with E-state index in [4.69, 9.17) is 5.11 Å². The summed E-state index contributed by atoms with van der Waals surface area (Å²) in [5.41, 5.74) is 0.138. The molecule has 3 N–H and O–H groups in total. The molecule has 1 aliphatic rings. The minimum atomic E-state index is -1.02. The summed E-state index contributed by atoms with van der Waals surface area (Å²) in [7, 11) is 0. The van der Waals surface area contributed by atoms with Crippen LogP contribution in [0.5, 0.6) is 0 Å². The summed E-state index contributed by atoms with van der Waals surface area (Å²) in [5.74, 6) is 0.00275. The van der Waals surface area contributed by atoms with E-state index < -0.39 is 5.97 Å². The molecule has 116 valence electrons. The second-order valence-corrected chi connectivity index (χ2v) is 6.78. The molecule has 1 aliphatic carbocycles. The Balaban J connectivity index is 1.97. The molecule has 0 aromatic carbocycles. The number of thiophene rings is 1. The van der Waals surface area contributed by atoms with Crippen molar-refractivity contribution in [2.75, 3.05) is 5.32 Å². The Hall–Kier alpha value is -1.56. The van der Waals surface area contributed by atoms with E-state index >= 15 is 0 Å². The minimum Gasteiger partial charge on any atom is -0.478 e. The number of carbonyl (C=O) groups is 2. The number of carboxylic acid groups (broad SMARTS) is 1. The van der Waals surface area contributed by atoms with Gasteiger partial charge in [-0.1, -0.05) is 26.7 Å². The van der Waals surface area contributed by atoms with Gasteiger partial charge in [0.1, 0.15) is 5.00 Å². The first-order valence-electron chi connectivity index (χ1n) is 7.37. The Morgan fingerprint density at radius 1 is 1.33 bits per heavy atom. The Morgan fingerprint density at radius 2 is 2.05 bits per heavy atom. The summed E-state index contributed by atoms with van der Waals surface area (Å²) >= 11 is 1.22. The van der Waals surface area contributed by atoms with Crippen molar-refractivity contribution in [3.8, 4) is 0 Å². The first kappa shape index (κ1) is 15.8. The number of rotatable bonds is 4. The van der Waals surface area contributed by atoms with Crippen LogP contribution < -0.4 is 10.6 Å². The molecule has 2 unspecified atom stereocenters. The molecule has 1 saturated carbocycles. The molecule has 5 nitrogen and oxygen atoms in total. The van der Waals surface area contributed by atoms with Crippen LogP contribution in [0.4, 0.5) is 9.80 Å². The van der Waals surface area contributed by atoms with Gasteiger partial charge >= 0.3 is 12.0 Å². The van der Waals surface area contributed by atoms with Crippen LogP contribution in [-0.4, -0.2) is 23.1 Å². The fourth-order valence-corrected chi connectivity index (χ4v) is 3.79. The molecule has 21 heavy (non-hydrogen) atoms. The number of hydrogen-bond donors (Lipinski definition) is 3. The quantitative estimate of drug-likeness (QED) is 0.792. The molecule has 1 heterocycles. The SMILES string of the molecule is CC(C)C1CCCCC1NC(=O)Nc1sccc1C(=O)O. The molecule has 1 aromatic rings. The van der Waals surface area contributed by atoms with Crippen LogP contribution in [0.15, 0.2) is 11.4 Å². The van der Waals surface area contributed by atoms with E-state index in [1.165, 1.54) is 23.8 Å². The third kappa shape index (κ3) is 3.97. The Morgan fingerprint density at radius 3 is 2.71 bits per heavy atom. The van der Waals surface area contributed by atoms with Crippen molar-refractivity contribution in [3.63, 3.8) is 0 Å². The van der Waals surface area contributed by atoms with Gasteiger partial charge in [0.2, 0.25) is 0 Å². The first-order valence-corrected chi connectivity index (χ1v) is 8.25. The van der Waals surface area contributed by atoms with E-state index in [1.807, 2.05) is 0 Å². The molecular formula is C15H22N2O3S. The lowest BCUT2D eigenvalue weighted by atomic mass is 9.78. The van der Waals surface area contributed by atoms with Crippen molar-refractivity contribution < 1.29 is 14.7 Å². The van der Waals surface area contributed by atoms with E-state index in [2.05, 4.69) is 24.5 Å². The molecule has 0 bridgehead atoms. The zero-order valence-electron chi connectivity index (χ0n) is 12.4. The smallest absolute Gasteiger partial charge is 0.338 e. The van der Waals surface area contributed by atoms with Crippen molar-refractivity contribution in [2.45, 2.75) is 45.6 Å². The monoisotopic (exact) mass is 310 g/mol. The van der Waals surface area contributed by atoms with Crippen LogP contribution in [0, 0.1) is 11.8 Å². The predicted molar refractivity (Wildman–Crippen MR) is 84.0 cm³/mol. The molecule has 1 fully saturated rings. The van der Waals surface area contributed by atoms with Crippen molar-refractivity contribution in [3.05, 3.63) is 17.0 Å². The van der Waals surface area contributed by atoms with E-state index in [9.17, 15) is 9.59 Å². The number of carboxylic acids is 1. The minimum absolute atomic E-state index is 0.138. The topological polar surface area (TPSA) is 78.4 Å². The average Bonchev–Trinajstić information content (AvgIpc) is 2.87. The van der Waals surface area contributed by atoms with Gasteiger partial charge in [0, 0.05) is 6.04 Å². The highest BCUT2D eigenvalue weighted by Gasteiger charge is 2.28. The molecule has 6 heteroatoms. The Labute approximate surface area is 128 Å². The highest BCUT2D eigenvalue weighted by Crippen LogP contribution is 2.30. The molecular weight excluding hydrogens is 288 g/mol. The van der Waals surface area contributed by atoms with Gasteiger partial charge in [-0.25, -0.2) is 9.59 Å². The van der Waals surface area contributed by atoms with Gasteiger partial charge in [-0.2, -0.15) is 0 Å². The zero-order valence-corrected chi connectivity index (χ0v) is 13.2. The van der Waals surface area contributed by atoms with Gasteiger partial charge in [-0.15, -0.1) is 11.3 Å². The Bertz CT molecular complexity index is 513. The van der Waals surface area contributed by atoms with Gasteiger partial charge in [0.15, 0.2) is 0 Å². The lowest BCUT2D eigenvalue weighted by Crippen LogP contribution is -2.45. The second-order valence-electron chi connectivity index (χ2n) is 5.87. The van der Waals surface area contributed by atoms with E-state index in [0.29, 0.717) is 16.8 Å². The third-order valence-electron chi connectivity index (χ3n) is 4.11. The fraction of sp³-hybridized carbons (Fsp3) is 0.600. The van der Waals surface area contributed by atoms with E-state index in [0.717, 1.165) is 19.3 Å². The number of anilines is 1. The summed E-state index contributed by atoms with van der Waals surface area (Å²) in [6, 6.07) is 1.37. The van der Waals surface area contributed by atoms with Crippen molar-refractivity contribution in [1.82, 2.24) is 5.32 Å². The maximum absolute atomic E-state index is 12.1.